The van der Waals surface area contributed by atoms with Crippen LogP contribution in [-0.2, 0) is 4.79 Å². The summed E-state index contributed by atoms with van der Waals surface area (Å²) in [6.45, 7) is 0.992. The highest BCUT2D eigenvalue weighted by Crippen LogP contribution is 2.30. The molecule has 1 amide bonds. The van der Waals surface area contributed by atoms with Gasteiger partial charge in [-0.25, -0.2) is 0 Å². The van der Waals surface area contributed by atoms with E-state index in [0.29, 0.717) is 17.9 Å². The lowest BCUT2D eigenvalue weighted by atomic mass is 9.84. The fourth-order valence-electron chi connectivity index (χ4n) is 2.52. The Labute approximate surface area is 101 Å². The maximum absolute atomic E-state index is 12.2. The monoisotopic (exact) mass is 273 g/mol. The first-order valence-electron chi connectivity index (χ1n) is 6.19. The van der Waals surface area contributed by atoms with Crippen molar-refractivity contribution in [3.05, 3.63) is 0 Å². The van der Waals surface area contributed by atoms with Crippen molar-refractivity contribution in [3.8, 4) is 0 Å². The number of carbonyl (C=O) groups is 1. The summed E-state index contributed by atoms with van der Waals surface area (Å²) >= 11 is 3.55. The highest BCUT2D eigenvalue weighted by molar-refractivity contribution is 9.09. The third kappa shape index (κ3) is 2.55. The van der Waals surface area contributed by atoms with Gasteiger partial charge in [0, 0.05) is 23.8 Å². The molecule has 2 aliphatic rings. The van der Waals surface area contributed by atoms with Crippen LogP contribution < -0.4 is 0 Å². The lowest BCUT2D eigenvalue weighted by molar-refractivity contribution is -0.140. The van der Waals surface area contributed by atoms with Crippen molar-refractivity contribution in [2.24, 2.45) is 5.92 Å². The summed E-state index contributed by atoms with van der Waals surface area (Å²) in [7, 11) is 0. The van der Waals surface area contributed by atoms with E-state index in [2.05, 4.69) is 20.8 Å². The van der Waals surface area contributed by atoms with Gasteiger partial charge in [0.05, 0.1) is 0 Å². The number of carbonyl (C=O) groups excluding carboxylic acids is 1. The Kier molecular flexibility index (Phi) is 4.06. The predicted molar refractivity (Wildman–Crippen MR) is 65.1 cm³/mol. The molecule has 2 rings (SSSR count). The molecule has 2 fully saturated rings. The third-order valence-electron chi connectivity index (χ3n) is 3.79. The molecule has 0 aromatic rings. The van der Waals surface area contributed by atoms with Crippen LogP contribution in [0.1, 0.15) is 44.9 Å². The van der Waals surface area contributed by atoms with Gasteiger partial charge in [-0.15, -0.1) is 0 Å². The summed E-state index contributed by atoms with van der Waals surface area (Å²) in [6, 6.07) is 0.459. The van der Waals surface area contributed by atoms with Crippen LogP contribution in [0.2, 0.25) is 0 Å². The van der Waals surface area contributed by atoms with E-state index >= 15 is 0 Å². The number of amides is 1. The smallest absolute Gasteiger partial charge is 0.225 e. The summed E-state index contributed by atoms with van der Waals surface area (Å²) in [5.74, 6) is 0.803. The second-order valence-corrected chi connectivity index (χ2v) is 5.46. The molecule has 0 N–H and O–H groups in total. The Hall–Kier alpha value is -0.0500. The van der Waals surface area contributed by atoms with Crippen molar-refractivity contribution in [3.63, 3.8) is 0 Å². The number of likely N-dealkylation sites (tertiary alicyclic amines) is 1. The van der Waals surface area contributed by atoms with Crippen molar-refractivity contribution >= 4 is 21.8 Å². The van der Waals surface area contributed by atoms with E-state index in [-0.39, 0.29) is 0 Å². The molecule has 1 atom stereocenters. The fraction of sp³-hybridized carbons (Fsp3) is 0.917. The van der Waals surface area contributed by atoms with Crippen LogP contribution in [0, 0.1) is 5.92 Å². The molecule has 0 bridgehead atoms. The Morgan fingerprint density at radius 2 is 1.93 bits per heavy atom. The molecular weight excluding hydrogens is 254 g/mol. The van der Waals surface area contributed by atoms with Gasteiger partial charge >= 0.3 is 0 Å². The molecule has 0 aromatic carbocycles. The van der Waals surface area contributed by atoms with Crippen LogP contribution in [0.4, 0.5) is 0 Å². The molecule has 3 heteroatoms. The molecule has 1 aliphatic heterocycles. The van der Waals surface area contributed by atoms with E-state index in [1.807, 2.05) is 0 Å². The van der Waals surface area contributed by atoms with E-state index in [1.165, 1.54) is 32.1 Å². The van der Waals surface area contributed by atoms with Gasteiger partial charge in [0.2, 0.25) is 5.91 Å². The van der Waals surface area contributed by atoms with Crippen LogP contribution in [0.15, 0.2) is 0 Å². The second-order valence-electron chi connectivity index (χ2n) is 4.82. The molecule has 0 aromatic heterocycles. The van der Waals surface area contributed by atoms with Crippen LogP contribution in [0.25, 0.3) is 0 Å². The fourth-order valence-corrected chi connectivity index (χ4v) is 3.19. The van der Waals surface area contributed by atoms with Crippen LogP contribution in [0.5, 0.6) is 0 Å². The highest BCUT2D eigenvalue weighted by atomic mass is 79.9. The van der Waals surface area contributed by atoms with Gasteiger partial charge in [0.25, 0.3) is 0 Å². The topological polar surface area (TPSA) is 20.3 Å². The normalized spacial score (nSPS) is 28.3. The molecule has 1 saturated heterocycles. The zero-order chi connectivity index (χ0) is 10.7. The van der Waals surface area contributed by atoms with Gasteiger partial charge in [-0.1, -0.05) is 35.2 Å². The Bertz CT molecular complexity index is 228. The van der Waals surface area contributed by atoms with Crippen LogP contribution in [0.3, 0.4) is 0 Å². The maximum Gasteiger partial charge on any atom is 0.225 e. The van der Waals surface area contributed by atoms with E-state index < -0.39 is 0 Å². The van der Waals surface area contributed by atoms with Crippen molar-refractivity contribution in [2.45, 2.75) is 51.0 Å². The molecule has 1 heterocycles. The van der Waals surface area contributed by atoms with Gasteiger partial charge in [0.15, 0.2) is 0 Å². The Morgan fingerprint density at radius 3 is 2.53 bits per heavy atom. The average Bonchev–Trinajstić information content (AvgIpc) is 2.39. The van der Waals surface area contributed by atoms with E-state index in [4.69, 9.17) is 0 Å². The molecule has 86 valence electrons. The van der Waals surface area contributed by atoms with Gasteiger partial charge < -0.3 is 4.90 Å². The maximum atomic E-state index is 12.2. The molecule has 1 unspecified atom stereocenters. The van der Waals surface area contributed by atoms with Crippen LogP contribution >= 0.6 is 15.9 Å². The Morgan fingerprint density at radius 1 is 1.13 bits per heavy atom. The molecule has 0 radical (unpaired) electrons. The standard InChI is InChI=1S/C12H20BrNO/c13-9-11-7-2-1-3-8-14(11)12(15)10-5-4-6-10/h10-11H,1-9H2. The molecule has 15 heavy (non-hydrogen) atoms. The summed E-state index contributed by atoms with van der Waals surface area (Å²) in [5.41, 5.74) is 0. The molecule has 1 aliphatic carbocycles. The first-order chi connectivity index (χ1) is 7.33. The van der Waals surface area contributed by atoms with Gasteiger partial charge in [-0.3, -0.25) is 4.79 Å². The molecular formula is C12H20BrNO. The largest absolute Gasteiger partial charge is 0.339 e. The predicted octanol–water partition coefficient (Wildman–Crippen LogP) is 2.95. The minimum absolute atomic E-state index is 0.365. The number of nitrogens with zero attached hydrogens (tertiary/aromatic N) is 1. The quantitative estimate of drug-likeness (QED) is 0.709. The molecule has 2 nitrogen and oxygen atoms in total. The van der Waals surface area contributed by atoms with Crippen LogP contribution in [-0.4, -0.2) is 28.7 Å². The SMILES string of the molecule is O=C(C1CCC1)N1CCCCCC1CBr. The number of hydrogen-bond donors (Lipinski definition) is 0. The minimum atomic E-state index is 0.365. The number of hydrogen-bond acceptors (Lipinski definition) is 1. The third-order valence-corrected chi connectivity index (χ3v) is 4.54. The summed E-state index contributed by atoms with van der Waals surface area (Å²) in [6.07, 6.45) is 8.46. The van der Waals surface area contributed by atoms with E-state index in [0.717, 1.165) is 24.7 Å². The number of rotatable bonds is 2. The summed E-state index contributed by atoms with van der Waals surface area (Å²) in [4.78, 5) is 14.4. The molecule has 1 saturated carbocycles. The van der Waals surface area contributed by atoms with Gasteiger partial charge in [-0.05, 0) is 25.7 Å². The zero-order valence-corrected chi connectivity index (χ0v) is 10.8. The summed E-state index contributed by atoms with van der Waals surface area (Å²) < 4.78 is 0. The zero-order valence-electron chi connectivity index (χ0n) is 9.25. The van der Waals surface area contributed by atoms with Crippen molar-refractivity contribution < 1.29 is 4.79 Å². The first kappa shape index (κ1) is 11.4. The minimum Gasteiger partial charge on any atom is -0.339 e. The number of halogens is 1. The van der Waals surface area contributed by atoms with E-state index in [9.17, 15) is 4.79 Å². The Balaban J connectivity index is 1.98. The van der Waals surface area contributed by atoms with Gasteiger partial charge in [-0.2, -0.15) is 0 Å². The van der Waals surface area contributed by atoms with E-state index in [1.54, 1.807) is 0 Å². The van der Waals surface area contributed by atoms with Crippen molar-refractivity contribution in [2.75, 3.05) is 11.9 Å². The molecule has 0 spiro atoms. The lowest BCUT2D eigenvalue weighted by Gasteiger charge is -2.35. The van der Waals surface area contributed by atoms with Gasteiger partial charge in [0.1, 0.15) is 0 Å². The summed E-state index contributed by atoms with van der Waals surface area (Å²) in [5, 5.41) is 0.950. The number of alkyl halides is 1. The lowest BCUT2D eigenvalue weighted by Crippen LogP contribution is -2.45. The first-order valence-corrected chi connectivity index (χ1v) is 7.31. The second kappa shape index (κ2) is 5.33. The highest BCUT2D eigenvalue weighted by Gasteiger charge is 2.32. The van der Waals surface area contributed by atoms with Crippen molar-refractivity contribution in [1.82, 2.24) is 4.90 Å². The average molecular weight is 274 g/mol. The van der Waals surface area contributed by atoms with Crippen molar-refractivity contribution in [1.29, 1.82) is 0 Å².